The highest BCUT2D eigenvalue weighted by molar-refractivity contribution is 6.31. The highest BCUT2D eigenvalue weighted by atomic mass is 35.5. The van der Waals surface area contributed by atoms with E-state index in [1.54, 1.807) is 10.9 Å². The number of aromatic nitrogens is 2. The molecule has 0 aliphatic heterocycles. The van der Waals surface area contributed by atoms with Gasteiger partial charge in [0, 0.05) is 24.9 Å². The first-order valence-corrected chi connectivity index (χ1v) is 5.82. The summed E-state index contributed by atoms with van der Waals surface area (Å²) in [5.41, 5.74) is 0.268. The number of nitro groups is 1. The van der Waals surface area contributed by atoms with Gasteiger partial charge in [-0.25, -0.2) is 4.39 Å². The van der Waals surface area contributed by atoms with E-state index in [4.69, 9.17) is 11.6 Å². The largest absolute Gasteiger partial charge is 0.347 e. The molecule has 100 valence electrons. The first kappa shape index (κ1) is 13.3. The van der Waals surface area contributed by atoms with E-state index in [1.807, 2.05) is 6.92 Å². The standard InChI is InChI=1S/C11H10ClFN4O2/c1-2-16-6-7(5-14-16)15-10-4-9(13)8(12)3-11(10)17(18)19/h3-6,15H,2H2,1H3. The predicted octanol–water partition coefficient (Wildman–Crippen LogP) is 3.35. The molecule has 0 saturated carbocycles. The fraction of sp³-hybridized carbons (Fsp3) is 0.182. The molecule has 0 atom stereocenters. The summed E-state index contributed by atoms with van der Waals surface area (Å²) in [7, 11) is 0. The highest BCUT2D eigenvalue weighted by Gasteiger charge is 2.18. The maximum Gasteiger partial charge on any atom is 0.294 e. The summed E-state index contributed by atoms with van der Waals surface area (Å²) >= 11 is 5.54. The molecule has 6 nitrogen and oxygen atoms in total. The van der Waals surface area contributed by atoms with Crippen molar-refractivity contribution < 1.29 is 9.31 Å². The van der Waals surface area contributed by atoms with Crippen molar-refractivity contribution >= 4 is 28.7 Å². The summed E-state index contributed by atoms with van der Waals surface area (Å²) < 4.78 is 15.0. The Kier molecular flexibility index (Phi) is 3.66. The van der Waals surface area contributed by atoms with Crippen molar-refractivity contribution in [2.24, 2.45) is 0 Å². The number of rotatable bonds is 4. The van der Waals surface area contributed by atoms with Crippen LogP contribution in [0.15, 0.2) is 24.5 Å². The molecule has 1 aromatic heterocycles. The highest BCUT2D eigenvalue weighted by Crippen LogP contribution is 2.32. The molecule has 0 aliphatic carbocycles. The molecule has 2 rings (SSSR count). The molecule has 19 heavy (non-hydrogen) atoms. The molecule has 0 fully saturated rings. The Morgan fingerprint density at radius 2 is 2.32 bits per heavy atom. The minimum Gasteiger partial charge on any atom is -0.347 e. The number of nitro benzene ring substituents is 1. The molecule has 1 aromatic carbocycles. The van der Waals surface area contributed by atoms with Gasteiger partial charge >= 0.3 is 0 Å². The molecular weight excluding hydrogens is 275 g/mol. The smallest absolute Gasteiger partial charge is 0.294 e. The van der Waals surface area contributed by atoms with E-state index in [-0.39, 0.29) is 16.4 Å². The normalized spacial score (nSPS) is 10.5. The fourth-order valence-corrected chi connectivity index (χ4v) is 1.70. The van der Waals surface area contributed by atoms with E-state index in [2.05, 4.69) is 10.4 Å². The molecule has 2 aromatic rings. The molecule has 0 saturated heterocycles. The number of nitrogens with zero attached hydrogens (tertiary/aromatic N) is 3. The Balaban J connectivity index is 2.38. The molecular formula is C11H10ClFN4O2. The molecule has 1 N–H and O–H groups in total. The SMILES string of the molecule is CCn1cc(Nc2cc(F)c(Cl)cc2[N+](=O)[O-])cn1. The number of nitrogens with one attached hydrogen (secondary N) is 1. The lowest BCUT2D eigenvalue weighted by atomic mass is 10.2. The Hall–Kier alpha value is -2.15. The lowest BCUT2D eigenvalue weighted by molar-refractivity contribution is -0.383. The number of anilines is 2. The van der Waals surface area contributed by atoms with Gasteiger partial charge in [0.05, 0.1) is 21.8 Å². The van der Waals surface area contributed by atoms with E-state index in [0.29, 0.717) is 12.2 Å². The quantitative estimate of drug-likeness (QED) is 0.690. The zero-order valence-corrected chi connectivity index (χ0v) is 10.7. The van der Waals surface area contributed by atoms with Gasteiger partial charge in [0.25, 0.3) is 5.69 Å². The number of benzene rings is 1. The van der Waals surface area contributed by atoms with Crippen molar-refractivity contribution in [3.63, 3.8) is 0 Å². The van der Waals surface area contributed by atoms with Gasteiger partial charge in [-0.1, -0.05) is 11.6 Å². The summed E-state index contributed by atoms with van der Waals surface area (Å²) in [5.74, 6) is -0.724. The molecule has 0 radical (unpaired) electrons. The Morgan fingerprint density at radius 1 is 1.58 bits per heavy atom. The van der Waals surface area contributed by atoms with Crippen LogP contribution in [0.4, 0.5) is 21.5 Å². The third-order valence-electron chi connectivity index (χ3n) is 2.47. The maximum atomic E-state index is 13.4. The molecule has 0 amide bonds. The van der Waals surface area contributed by atoms with Crippen LogP contribution in [-0.4, -0.2) is 14.7 Å². The zero-order valence-electron chi connectivity index (χ0n) is 9.93. The first-order valence-electron chi connectivity index (χ1n) is 5.44. The Morgan fingerprint density at radius 3 is 2.89 bits per heavy atom. The Bertz CT molecular complexity index is 629. The number of hydrogen-bond acceptors (Lipinski definition) is 4. The van der Waals surface area contributed by atoms with Crippen LogP contribution >= 0.6 is 11.6 Å². The second-order valence-electron chi connectivity index (χ2n) is 3.75. The minimum absolute atomic E-state index is 0.0301. The molecule has 0 aliphatic rings. The second-order valence-corrected chi connectivity index (χ2v) is 4.16. The predicted molar refractivity (Wildman–Crippen MR) is 69.2 cm³/mol. The molecule has 0 bridgehead atoms. The lowest BCUT2D eigenvalue weighted by Crippen LogP contribution is -1.98. The van der Waals surface area contributed by atoms with Gasteiger partial charge in [-0.05, 0) is 6.92 Å². The van der Waals surface area contributed by atoms with Crippen LogP contribution in [0.25, 0.3) is 0 Å². The third-order valence-corrected chi connectivity index (χ3v) is 2.76. The van der Waals surface area contributed by atoms with Gasteiger partial charge in [0.1, 0.15) is 11.5 Å². The van der Waals surface area contributed by atoms with Gasteiger partial charge in [-0.2, -0.15) is 5.10 Å². The van der Waals surface area contributed by atoms with Crippen LogP contribution in [0, 0.1) is 15.9 Å². The average Bonchev–Trinajstić information content (AvgIpc) is 2.81. The summed E-state index contributed by atoms with van der Waals surface area (Å²) in [6.07, 6.45) is 3.16. The minimum atomic E-state index is -0.724. The topological polar surface area (TPSA) is 73.0 Å². The van der Waals surface area contributed by atoms with E-state index in [9.17, 15) is 14.5 Å². The van der Waals surface area contributed by atoms with Crippen molar-refractivity contribution in [1.82, 2.24) is 9.78 Å². The van der Waals surface area contributed by atoms with Gasteiger partial charge in [-0.15, -0.1) is 0 Å². The lowest BCUT2D eigenvalue weighted by Gasteiger charge is -2.05. The maximum absolute atomic E-state index is 13.4. The van der Waals surface area contributed by atoms with Gasteiger partial charge in [-0.3, -0.25) is 14.8 Å². The van der Waals surface area contributed by atoms with Crippen LogP contribution in [0.3, 0.4) is 0 Å². The van der Waals surface area contributed by atoms with Gasteiger partial charge in [0.15, 0.2) is 0 Å². The second kappa shape index (κ2) is 5.23. The van der Waals surface area contributed by atoms with Crippen LogP contribution in [0.1, 0.15) is 6.92 Å². The summed E-state index contributed by atoms with van der Waals surface area (Å²) in [5, 5.41) is 17.4. The number of hydrogen-bond donors (Lipinski definition) is 1. The fourth-order valence-electron chi connectivity index (χ4n) is 1.54. The van der Waals surface area contributed by atoms with Crippen molar-refractivity contribution in [3.8, 4) is 0 Å². The zero-order chi connectivity index (χ0) is 14.0. The van der Waals surface area contributed by atoms with Crippen molar-refractivity contribution in [2.75, 3.05) is 5.32 Å². The summed E-state index contributed by atoms with van der Waals surface area (Å²) in [4.78, 5) is 10.3. The van der Waals surface area contributed by atoms with Gasteiger partial charge in [0.2, 0.25) is 0 Å². The molecule has 0 unspecified atom stereocenters. The summed E-state index contributed by atoms with van der Waals surface area (Å²) in [6, 6.07) is 1.97. The molecule has 1 heterocycles. The molecule has 0 spiro atoms. The van der Waals surface area contributed by atoms with E-state index in [1.165, 1.54) is 6.20 Å². The Labute approximate surface area is 112 Å². The number of halogens is 2. The van der Waals surface area contributed by atoms with Gasteiger partial charge < -0.3 is 5.32 Å². The average molecular weight is 285 g/mol. The molecule has 8 heteroatoms. The van der Waals surface area contributed by atoms with Crippen LogP contribution < -0.4 is 5.32 Å². The number of aryl methyl sites for hydroxylation is 1. The van der Waals surface area contributed by atoms with Crippen molar-refractivity contribution in [3.05, 3.63) is 45.5 Å². The van der Waals surface area contributed by atoms with Crippen molar-refractivity contribution in [2.45, 2.75) is 13.5 Å². The monoisotopic (exact) mass is 284 g/mol. The van der Waals surface area contributed by atoms with Crippen LogP contribution in [0.2, 0.25) is 5.02 Å². The van der Waals surface area contributed by atoms with E-state index >= 15 is 0 Å². The van der Waals surface area contributed by atoms with E-state index < -0.39 is 10.7 Å². The van der Waals surface area contributed by atoms with E-state index in [0.717, 1.165) is 12.1 Å². The first-order chi connectivity index (χ1) is 9.01. The van der Waals surface area contributed by atoms with Crippen LogP contribution in [0.5, 0.6) is 0 Å². The van der Waals surface area contributed by atoms with Crippen molar-refractivity contribution in [1.29, 1.82) is 0 Å². The van der Waals surface area contributed by atoms with Crippen LogP contribution in [-0.2, 0) is 6.54 Å². The summed E-state index contributed by atoms with van der Waals surface area (Å²) in [6.45, 7) is 2.57. The third kappa shape index (κ3) is 2.82.